The number of ether oxygens (including phenoxy) is 2. The highest BCUT2D eigenvalue weighted by molar-refractivity contribution is 8.00. The molecule has 1 aromatic carbocycles. The topological polar surface area (TPSA) is 110 Å². The van der Waals surface area contributed by atoms with Gasteiger partial charge in [0.25, 0.3) is 0 Å². The summed E-state index contributed by atoms with van der Waals surface area (Å²) < 4.78 is 48.7. The largest absolute Gasteiger partial charge is 0.495 e. The Morgan fingerprint density at radius 3 is 2.60 bits per heavy atom. The van der Waals surface area contributed by atoms with Crippen LogP contribution in [0.2, 0.25) is 0 Å². The number of aromatic amines is 1. The molecule has 0 aliphatic carbocycles. The van der Waals surface area contributed by atoms with E-state index in [2.05, 4.69) is 15.3 Å². The van der Waals surface area contributed by atoms with Gasteiger partial charge in [0.1, 0.15) is 16.3 Å². The molecule has 0 spiro atoms. The van der Waals surface area contributed by atoms with Crippen LogP contribution < -0.4 is 15.7 Å². The summed E-state index contributed by atoms with van der Waals surface area (Å²) in [5.41, 5.74) is -1.62. The Kier molecular flexibility index (Phi) is 7.48. The van der Waals surface area contributed by atoms with Crippen LogP contribution in [0.5, 0.6) is 5.75 Å². The number of aryl methyl sites for hydroxylation is 1. The zero-order chi connectivity index (χ0) is 22.5. The smallest absolute Gasteiger partial charge is 0.416 e. The number of carbonyl (C=O) groups excluding carboxylic acids is 2. The van der Waals surface area contributed by atoms with E-state index in [1.54, 1.807) is 6.92 Å². The summed E-state index contributed by atoms with van der Waals surface area (Å²) in [6, 6.07) is 2.67. The van der Waals surface area contributed by atoms with Crippen LogP contribution in [0.25, 0.3) is 0 Å². The SMILES string of the molecule is CCOC(=O)c1c(SCC(=O)Nc2cc(C(F)(F)F)ccc2OC)nc(=O)[nH]c1C. The van der Waals surface area contributed by atoms with Gasteiger partial charge in [-0.1, -0.05) is 11.8 Å². The summed E-state index contributed by atoms with van der Waals surface area (Å²) >= 11 is 0.773. The summed E-state index contributed by atoms with van der Waals surface area (Å²) in [5, 5.41) is 2.31. The maximum absolute atomic E-state index is 12.9. The number of carbonyl (C=O) groups is 2. The van der Waals surface area contributed by atoms with Crippen LogP contribution in [0, 0.1) is 6.92 Å². The Bertz CT molecular complexity index is 1010. The number of benzene rings is 1. The van der Waals surface area contributed by atoms with Crippen molar-refractivity contribution in [3.05, 3.63) is 45.5 Å². The maximum Gasteiger partial charge on any atom is 0.416 e. The average molecular weight is 445 g/mol. The van der Waals surface area contributed by atoms with Crippen molar-refractivity contribution in [2.45, 2.75) is 25.0 Å². The Morgan fingerprint density at radius 1 is 1.30 bits per heavy atom. The number of hydrogen-bond acceptors (Lipinski definition) is 7. The Balaban J connectivity index is 2.21. The number of alkyl halides is 3. The van der Waals surface area contributed by atoms with E-state index in [-0.39, 0.29) is 40.1 Å². The normalized spacial score (nSPS) is 11.1. The summed E-state index contributed by atoms with van der Waals surface area (Å²) in [6.07, 6.45) is -4.60. The first-order chi connectivity index (χ1) is 14.1. The van der Waals surface area contributed by atoms with Crippen LogP contribution in [-0.2, 0) is 15.7 Å². The predicted octanol–water partition coefficient (Wildman–Crippen LogP) is 3.01. The van der Waals surface area contributed by atoms with Crippen LogP contribution in [0.4, 0.5) is 18.9 Å². The Morgan fingerprint density at radius 2 is 2.00 bits per heavy atom. The van der Waals surface area contributed by atoms with E-state index in [0.717, 1.165) is 30.0 Å². The fourth-order valence-electron chi connectivity index (χ4n) is 2.41. The number of amides is 1. The lowest BCUT2D eigenvalue weighted by Crippen LogP contribution is -2.21. The number of esters is 1. The van der Waals surface area contributed by atoms with Gasteiger partial charge in [0.15, 0.2) is 0 Å². The molecule has 0 aliphatic rings. The second kappa shape index (κ2) is 9.65. The molecular weight excluding hydrogens is 427 g/mol. The highest BCUT2D eigenvalue weighted by atomic mass is 32.2. The molecule has 0 saturated heterocycles. The molecule has 2 rings (SSSR count). The van der Waals surface area contributed by atoms with E-state index in [9.17, 15) is 27.6 Å². The molecular formula is C18H18F3N3O5S. The molecule has 1 amide bonds. The third-order valence-electron chi connectivity index (χ3n) is 3.71. The molecule has 0 aliphatic heterocycles. The van der Waals surface area contributed by atoms with E-state index in [1.165, 1.54) is 14.0 Å². The molecule has 1 heterocycles. The molecule has 2 N–H and O–H groups in total. The molecule has 2 aromatic rings. The second-order valence-corrected chi connectivity index (χ2v) is 6.78. The van der Waals surface area contributed by atoms with Crippen molar-refractivity contribution in [2.24, 2.45) is 0 Å². The number of nitrogens with zero attached hydrogens (tertiary/aromatic N) is 1. The van der Waals surface area contributed by atoms with Crippen LogP contribution >= 0.6 is 11.8 Å². The van der Waals surface area contributed by atoms with E-state index in [1.807, 2.05) is 0 Å². The highest BCUT2D eigenvalue weighted by Crippen LogP contribution is 2.35. The molecule has 0 atom stereocenters. The van der Waals surface area contributed by atoms with E-state index < -0.39 is 29.3 Å². The number of aromatic nitrogens is 2. The summed E-state index contributed by atoms with van der Waals surface area (Å²) in [5.74, 6) is -1.70. The number of anilines is 1. The Labute approximate surface area is 173 Å². The summed E-state index contributed by atoms with van der Waals surface area (Å²) in [7, 11) is 1.25. The number of rotatable bonds is 7. The quantitative estimate of drug-likeness (QED) is 0.383. The van der Waals surface area contributed by atoms with Crippen LogP contribution in [-0.4, -0.2) is 41.3 Å². The lowest BCUT2D eigenvalue weighted by Gasteiger charge is -2.14. The third kappa shape index (κ3) is 5.75. The van der Waals surface area contributed by atoms with Gasteiger partial charge in [-0.2, -0.15) is 18.2 Å². The maximum atomic E-state index is 12.9. The van der Waals surface area contributed by atoms with Crippen LogP contribution in [0.3, 0.4) is 0 Å². The van der Waals surface area contributed by atoms with Gasteiger partial charge in [-0.3, -0.25) is 4.79 Å². The molecule has 0 radical (unpaired) electrons. The molecule has 0 fully saturated rings. The minimum atomic E-state index is -4.60. The van der Waals surface area contributed by atoms with E-state index in [0.29, 0.717) is 0 Å². The number of hydrogen-bond donors (Lipinski definition) is 2. The van der Waals surface area contributed by atoms with E-state index >= 15 is 0 Å². The lowest BCUT2D eigenvalue weighted by atomic mass is 10.2. The minimum Gasteiger partial charge on any atom is -0.495 e. The van der Waals surface area contributed by atoms with Gasteiger partial charge in [-0.15, -0.1) is 0 Å². The minimum absolute atomic E-state index is 0.00546. The monoisotopic (exact) mass is 445 g/mol. The van der Waals surface area contributed by atoms with Crippen molar-refractivity contribution in [2.75, 3.05) is 24.8 Å². The van der Waals surface area contributed by atoms with Gasteiger partial charge in [0.2, 0.25) is 5.91 Å². The second-order valence-electron chi connectivity index (χ2n) is 5.82. The average Bonchev–Trinajstić information content (AvgIpc) is 2.65. The number of thioether (sulfide) groups is 1. The summed E-state index contributed by atoms with van der Waals surface area (Å²) in [4.78, 5) is 42.1. The van der Waals surface area contributed by atoms with Gasteiger partial charge in [0, 0.05) is 5.69 Å². The van der Waals surface area contributed by atoms with Crippen molar-refractivity contribution in [1.29, 1.82) is 0 Å². The van der Waals surface area contributed by atoms with Crippen molar-refractivity contribution < 1.29 is 32.2 Å². The number of halogens is 3. The van der Waals surface area contributed by atoms with Crippen LogP contribution in [0.15, 0.2) is 28.0 Å². The van der Waals surface area contributed by atoms with Crippen LogP contribution in [0.1, 0.15) is 28.5 Å². The molecule has 162 valence electrons. The standard InChI is InChI=1S/C18H18F3N3O5S/c1-4-29-16(26)14-9(2)22-17(27)24-15(14)30-8-13(25)23-11-7-10(18(19,20)21)5-6-12(11)28-3/h5-7H,4,8H2,1-3H3,(H,23,25)(H,22,24,27). The van der Waals surface area contributed by atoms with Crippen molar-refractivity contribution in [3.63, 3.8) is 0 Å². The van der Waals surface area contributed by atoms with Crippen molar-refractivity contribution in [1.82, 2.24) is 9.97 Å². The zero-order valence-corrected chi connectivity index (χ0v) is 17.0. The van der Waals surface area contributed by atoms with Gasteiger partial charge in [0.05, 0.1) is 30.7 Å². The molecule has 0 unspecified atom stereocenters. The molecule has 0 bridgehead atoms. The summed E-state index contributed by atoms with van der Waals surface area (Å²) in [6.45, 7) is 3.18. The van der Waals surface area contributed by atoms with Gasteiger partial charge >= 0.3 is 17.8 Å². The first-order valence-corrected chi connectivity index (χ1v) is 9.51. The fourth-order valence-corrected chi connectivity index (χ4v) is 3.28. The molecule has 1 aromatic heterocycles. The van der Waals surface area contributed by atoms with Gasteiger partial charge in [-0.25, -0.2) is 9.59 Å². The molecule has 12 heteroatoms. The number of methoxy groups -OCH3 is 1. The third-order valence-corrected chi connectivity index (χ3v) is 4.68. The Hall–Kier alpha value is -3.02. The lowest BCUT2D eigenvalue weighted by molar-refractivity contribution is -0.137. The van der Waals surface area contributed by atoms with Crippen molar-refractivity contribution >= 4 is 29.3 Å². The van der Waals surface area contributed by atoms with Crippen molar-refractivity contribution in [3.8, 4) is 5.75 Å². The predicted molar refractivity (Wildman–Crippen MR) is 103 cm³/mol. The zero-order valence-electron chi connectivity index (χ0n) is 16.2. The van der Waals surface area contributed by atoms with Gasteiger partial charge < -0.3 is 19.8 Å². The number of nitrogens with one attached hydrogen (secondary N) is 2. The fraction of sp³-hybridized carbons (Fsp3) is 0.333. The molecule has 30 heavy (non-hydrogen) atoms. The molecule has 0 saturated carbocycles. The van der Waals surface area contributed by atoms with E-state index in [4.69, 9.17) is 9.47 Å². The first-order valence-electron chi connectivity index (χ1n) is 8.52. The first kappa shape index (κ1) is 23.3. The number of H-pyrrole nitrogens is 1. The van der Waals surface area contributed by atoms with Gasteiger partial charge in [-0.05, 0) is 32.0 Å². The highest BCUT2D eigenvalue weighted by Gasteiger charge is 2.31. The molecule has 8 nitrogen and oxygen atoms in total.